The van der Waals surface area contributed by atoms with Gasteiger partial charge in [0, 0.05) is 20.2 Å². The minimum atomic E-state index is -0.338. The second-order valence-electron chi connectivity index (χ2n) is 5.50. The van der Waals surface area contributed by atoms with Crippen LogP contribution in [0.15, 0.2) is 24.3 Å². The van der Waals surface area contributed by atoms with Gasteiger partial charge in [0.2, 0.25) is 0 Å². The number of ether oxygens (including phenoxy) is 1. The van der Waals surface area contributed by atoms with Crippen LogP contribution in [0.2, 0.25) is 0 Å². The van der Waals surface area contributed by atoms with Gasteiger partial charge in [-0.15, -0.1) is 0 Å². The molecule has 0 aliphatic heterocycles. The largest absolute Gasteiger partial charge is 0.393 e. The smallest absolute Gasteiger partial charge is 0.315 e. The summed E-state index contributed by atoms with van der Waals surface area (Å²) in [5.41, 5.74) is 2.15. The Morgan fingerprint density at radius 2 is 1.81 bits per heavy atom. The predicted octanol–water partition coefficient (Wildman–Crippen LogP) is 2.04. The maximum absolute atomic E-state index is 11.7. The van der Waals surface area contributed by atoms with Gasteiger partial charge in [-0.2, -0.15) is 0 Å². The van der Waals surface area contributed by atoms with E-state index in [4.69, 9.17) is 4.74 Å². The van der Waals surface area contributed by atoms with Gasteiger partial charge in [0.25, 0.3) is 0 Å². The Kier molecular flexibility index (Phi) is 7.79. The molecule has 1 aromatic carbocycles. The van der Waals surface area contributed by atoms with E-state index in [1.165, 1.54) is 0 Å². The van der Waals surface area contributed by atoms with Gasteiger partial charge in [-0.25, -0.2) is 4.79 Å². The number of benzene rings is 1. The summed E-state index contributed by atoms with van der Waals surface area (Å²) >= 11 is 0. The Morgan fingerprint density at radius 3 is 2.38 bits per heavy atom. The van der Waals surface area contributed by atoms with Gasteiger partial charge in [-0.1, -0.05) is 31.2 Å². The molecule has 0 saturated heterocycles. The number of rotatable bonds is 8. The zero-order valence-corrected chi connectivity index (χ0v) is 13.1. The third-order valence-corrected chi connectivity index (χ3v) is 3.14. The first-order valence-corrected chi connectivity index (χ1v) is 7.27. The second kappa shape index (κ2) is 9.37. The Balaban J connectivity index is 2.26. The van der Waals surface area contributed by atoms with Gasteiger partial charge < -0.3 is 20.5 Å². The lowest BCUT2D eigenvalue weighted by Crippen LogP contribution is -2.37. The molecule has 21 heavy (non-hydrogen) atoms. The van der Waals surface area contributed by atoms with Crippen LogP contribution in [-0.4, -0.2) is 30.9 Å². The molecule has 2 amide bonds. The number of hydrogen-bond donors (Lipinski definition) is 3. The zero-order valence-electron chi connectivity index (χ0n) is 13.1. The minimum absolute atomic E-state index is 0.187. The Hall–Kier alpha value is -1.59. The highest BCUT2D eigenvalue weighted by molar-refractivity contribution is 5.73. The third kappa shape index (κ3) is 7.68. The fourth-order valence-electron chi connectivity index (χ4n) is 2.10. The molecule has 0 aliphatic carbocycles. The Bertz CT molecular complexity index is 418. The number of carbonyl (C=O) groups is 1. The topological polar surface area (TPSA) is 70.6 Å². The first kappa shape index (κ1) is 17.5. The van der Waals surface area contributed by atoms with Crippen molar-refractivity contribution in [2.75, 3.05) is 13.7 Å². The third-order valence-electron chi connectivity index (χ3n) is 3.14. The number of aliphatic hydroxyl groups excluding tert-OH is 1. The first-order valence-electron chi connectivity index (χ1n) is 7.27. The van der Waals surface area contributed by atoms with Gasteiger partial charge >= 0.3 is 6.03 Å². The van der Waals surface area contributed by atoms with E-state index in [0.29, 0.717) is 26.1 Å². The summed E-state index contributed by atoms with van der Waals surface area (Å²) in [4.78, 5) is 11.7. The molecular weight excluding hydrogens is 268 g/mol. The standard InChI is InChI=1S/C16H26N2O3/c1-12(8-13(2)19)9-17-16(20)18-10-14-4-6-15(7-5-14)11-21-3/h4-7,12-13,19H,8-11H2,1-3H3,(H2,17,18,20). The average molecular weight is 294 g/mol. The van der Waals surface area contributed by atoms with E-state index in [1.807, 2.05) is 31.2 Å². The molecule has 0 heterocycles. The van der Waals surface area contributed by atoms with Crippen LogP contribution in [0.3, 0.4) is 0 Å². The average Bonchev–Trinajstić information content (AvgIpc) is 2.44. The van der Waals surface area contributed by atoms with Crippen molar-refractivity contribution in [1.29, 1.82) is 0 Å². The fourth-order valence-corrected chi connectivity index (χ4v) is 2.10. The fraction of sp³-hybridized carbons (Fsp3) is 0.562. The lowest BCUT2D eigenvalue weighted by molar-refractivity contribution is 0.163. The summed E-state index contributed by atoms with van der Waals surface area (Å²) in [6.07, 6.45) is 0.344. The number of methoxy groups -OCH3 is 1. The van der Waals surface area contributed by atoms with Crippen molar-refractivity contribution in [1.82, 2.24) is 10.6 Å². The van der Waals surface area contributed by atoms with E-state index in [1.54, 1.807) is 14.0 Å². The van der Waals surface area contributed by atoms with E-state index in [0.717, 1.165) is 11.1 Å². The van der Waals surface area contributed by atoms with Gasteiger partial charge in [-0.05, 0) is 30.4 Å². The summed E-state index contributed by atoms with van der Waals surface area (Å²) in [5, 5.41) is 14.9. The van der Waals surface area contributed by atoms with Crippen molar-refractivity contribution in [3.8, 4) is 0 Å². The SMILES string of the molecule is COCc1ccc(CNC(=O)NCC(C)CC(C)O)cc1. The van der Waals surface area contributed by atoms with E-state index in [2.05, 4.69) is 10.6 Å². The van der Waals surface area contributed by atoms with E-state index in [9.17, 15) is 9.90 Å². The highest BCUT2D eigenvalue weighted by Crippen LogP contribution is 2.06. The van der Waals surface area contributed by atoms with Crippen LogP contribution >= 0.6 is 0 Å². The monoisotopic (exact) mass is 294 g/mol. The molecule has 2 atom stereocenters. The number of aliphatic hydroxyl groups is 1. The predicted molar refractivity (Wildman–Crippen MR) is 82.9 cm³/mol. The molecule has 5 heteroatoms. The zero-order chi connectivity index (χ0) is 15.7. The van der Waals surface area contributed by atoms with Crippen molar-refractivity contribution in [3.05, 3.63) is 35.4 Å². The molecular formula is C16H26N2O3. The molecule has 0 radical (unpaired) electrons. The van der Waals surface area contributed by atoms with Crippen molar-refractivity contribution in [3.63, 3.8) is 0 Å². The maximum atomic E-state index is 11.7. The number of carbonyl (C=O) groups excluding carboxylic acids is 1. The van der Waals surface area contributed by atoms with Crippen molar-refractivity contribution in [2.45, 2.75) is 39.5 Å². The van der Waals surface area contributed by atoms with Crippen molar-refractivity contribution in [2.24, 2.45) is 5.92 Å². The normalized spacial score (nSPS) is 13.5. The molecule has 0 spiro atoms. The van der Waals surface area contributed by atoms with Crippen LogP contribution in [0, 0.1) is 5.92 Å². The van der Waals surface area contributed by atoms with Gasteiger partial charge in [0.05, 0.1) is 12.7 Å². The number of urea groups is 1. The molecule has 0 aromatic heterocycles. The highest BCUT2D eigenvalue weighted by atomic mass is 16.5. The van der Waals surface area contributed by atoms with E-state index >= 15 is 0 Å². The molecule has 0 aliphatic rings. The molecule has 1 aromatic rings. The summed E-state index contributed by atoms with van der Waals surface area (Å²) in [6, 6.07) is 7.75. The summed E-state index contributed by atoms with van der Waals surface area (Å²) in [7, 11) is 1.67. The highest BCUT2D eigenvalue weighted by Gasteiger charge is 2.08. The van der Waals surface area contributed by atoms with Crippen LogP contribution in [0.25, 0.3) is 0 Å². The van der Waals surface area contributed by atoms with E-state index < -0.39 is 0 Å². The summed E-state index contributed by atoms with van der Waals surface area (Å²) < 4.78 is 5.05. The van der Waals surface area contributed by atoms with Gasteiger partial charge in [0.1, 0.15) is 0 Å². The number of amides is 2. The molecule has 118 valence electrons. The van der Waals surface area contributed by atoms with E-state index in [-0.39, 0.29) is 18.1 Å². The summed E-state index contributed by atoms with van der Waals surface area (Å²) in [6.45, 7) is 5.40. The number of hydrogen-bond acceptors (Lipinski definition) is 3. The second-order valence-corrected chi connectivity index (χ2v) is 5.50. The minimum Gasteiger partial charge on any atom is -0.393 e. The molecule has 2 unspecified atom stereocenters. The first-order chi connectivity index (χ1) is 10.0. The van der Waals surface area contributed by atoms with Gasteiger partial charge in [-0.3, -0.25) is 0 Å². The molecule has 0 bridgehead atoms. The molecule has 1 rings (SSSR count). The Labute approximate surface area is 126 Å². The van der Waals surface area contributed by atoms with Crippen LogP contribution in [0.4, 0.5) is 4.79 Å². The quantitative estimate of drug-likeness (QED) is 0.687. The molecule has 0 saturated carbocycles. The lowest BCUT2D eigenvalue weighted by Gasteiger charge is -2.14. The molecule has 3 N–H and O–H groups in total. The van der Waals surface area contributed by atoms with Crippen LogP contribution in [0.1, 0.15) is 31.4 Å². The number of nitrogens with one attached hydrogen (secondary N) is 2. The van der Waals surface area contributed by atoms with Crippen molar-refractivity contribution >= 4 is 6.03 Å². The lowest BCUT2D eigenvalue weighted by atomic mass is 10.1. The maximum Gasteiger partial charge on any atom is 0.315 e. The molecule has 5 nitrogen and oxygen atoms in total. The summed E-state index contributed by atoms with van der Waals surface area (Å²) in [5.74, 6) is 0.254. The van der Waals surface area contributed by atoms with Gasteiger partial charge in [0.15, 0.2) is 0 Å². The van der Waals surface area contributed by atoms with Crippen molar-refractivity contribution < 1.29 is 14.6 Å². The Morgan fingerprint density at radius 1 is 1.19 bits per heavy atom. The van der Waals surface area contributed by atoms with Crippen LogP contribution in [0.5, 0.6) is 0 Å². The molecule has 0 fully saturated rings. The van der Waals surface area contributed by atoms with Crippen LogP contribution in [-0.2, 0) is 17.9 Å². The van der Waals surface area contributed by atoms with Crippen LogP contribution < -0.4 is 10.6 Å².